The maximum Gasteiger partial charge on any atom is 0.0576 e. The summed E-state index contributed by atoms with van der Waals surface area (Å²) in [5.41, 5.74) is 2.73. The van der Waals surface area contributed by atoms with Crippen molar-refractivity contribution in [1.29, 1.82) is 0 Å². The summed E-state index contributed by atoms with van der Waals surface area (Å²) in [4.78, 5) is 3.35. The first-order valence-electron chi connectivity index (χ1n) is 9.41. The van der Waals surface area contributed by atoms with Gasteiger partial charge in [0.05, 0.1) is 6.10 Å². The highest BCUT2D eigenvalue weighted by Gasteiger charge is 2.37. The average Bonchev–Trinajstić information content (AvgIpc) is 2.94. The standard InChI is InChI=1S/C21H32N2O/c1-15-8-9-18(20(24)12-15)21(2,3)14-22-11-10-16-13-23-19-7-5-4-6-17(16)19/h4-7,13,15,18,20,22-24H,8-12,14H2,1-3H3/t15-,18?,20+/m0/s1. The first-order chi connectivity index (χ1) is 11.5. The van der Waals surface area contributed by atoms with Gasteiger partial charge in [0.15, 0.2) is 0 Å². The van der Waals surface area contributed by atoms with E-state index in [0.29, 0.717) is 11.8 Å². The molecule has 1 unspecified atom stereocenters. The molecular formula is C21H32N2O. The van der Waals surface area contributed by atoms with Gasteiger partial charge in [-0.3, -0.25) is 0 Å². The van der Waals surface area contributed by atoms with Gasteiger partial charge < -0.3 is 15.4 Å². The smallest absolute Gasteiger partial charge is 0.0576 e. The van der Waals surface area contributed by atoms with Gasteiger partial charge in [0, 0.05) is 23.6 Å². The predicted molar refractivity (Wildman–Crippen MR) is 101 cm³/mol. The van der Waals surface area contributed by atoms with E-state index in [-0.39, 0.29) is 11.5 Å². The lowest BCUT2D eigenvalue weighted by Crippen LogP contribution is -2.44. The lowest BCUT2D eigenvalue weighted by molar-refractivity contribution is -0.0121. The first-order valence-corrected chi connectivity index (χ1v) is 9.41. The Bertz CT molecular complexity index is 661. The molecule has 1 aliphatic carbocycles. The number of fused-ring (bicyclic) bond motifs is 1. The second-order valence-corrected chi connectivity index (χ2v) is 8.37. The zero-order valence-electron chi connectivity index (χ0n) is 15.3. The second kappa shape index (κ2) is 7.28. The number of rotatable bonds is 6. The molecule has 3 atom stereocenters. The molecule has 1 aromatic heterocycles. The Labute approximate surface area is 145 Å². The highest BCUT2D eigenvalue weighted by molar-refractivity contribution is 5.83. The van der Waals surface area contributed by atoms with Crippen LogP contribution in [0.4, 0.5) is 0 Å². The van der Waals surface area contributed by atoms with Crippen molar-refractivity contribution in [3.05, 3.63) is 36.0 Å². The van der Waals surface area contributed by atoms with Crippen LogP contribution in [0.5, 0.6) is 0 Å². The van der Waals surface area contributed by atoms with E-state index in [0.717, 1.165) is 32.4 Å². The van der Waals surface area contributed by atoms with Crippen LogP contribution in [0.15, 0.2) is 30.5 Å². The van der Waals surface area contributed by atoms with Crippen molar-refractivity contribution in [3.63, 3.8) is 0 Å². The van der Waals surface area contributed by atoms with E-state index in [1.165, 1.54) is 22.9 Å². The molecule has 1 heterocycles. The predicted octanol–water partition coefficient (Wildman–Crippen LogP) is 4.12. The minimum Gasteiger partial charge on any atom is -0.393 e. The van der Waals surface area contributed by atoms with Crippen LogP contribution in [0, 0.1) is 17.3 Å². The molecule has 3 heteroatoms. The summed E-state index contributed by atoms with van der Waals surface area (Å²) in [7, 11) is 0. The van der Waals surface area contributed by atoms with Crippen LogP contribution in [0.2, 0.25) is 0 Å². The molecule has 0 spiro atoms. The summed E-state index contributed by atoms with van der Waals surface area (Å²) in [5.74, 6) is 1.08. The van der Waals surface area contributed by atoms with Crippen molar-refractivity contribution < 1.29 is 5.11 Å². The molecule has 2 aromatic rings. The van der Waals surface area contributed by atoms with E-state index in [1.54, 1.807) is 0 Å². The van der Waals surface area contributed by atoms with Gasteiger partial charge in [0.1, 0.15) is 0 Å². The largest absolute Gasteiger partial charge is 0.393 e. The number of H-pyrrole nitrogens is 1. The van der Waals surface area contributed by atoms with Crippen molar-refractivity contribution in [3.8, 4) is 0 Å². The summed E-state index contributed by atoms with van der Waals surface area (Å²) >= 11 is 0. The fraction of sp³-hybridized carbons (Fsp3) is 0.619. The van der Waals surface area contributed by atoms with Crippen LogP contribution in [0.3, 0.4) is 0 Å². The molecule has 0 radical (unpaired) electrons. The number of aromatic amines is 1. The van der Waals surface area contributed by atoms with Gasteiger partial charge >= 0.3 is 0 Å². The number of hydrogen-bond donors (Lipinski definition) is 3. The number of para-hydroxylation sites is 1. The maximum absolute atomic E-state index is 10.5. The molecule has 3 rings (SSSR count). The van der Waals surface area contributed by atoms with Gasteiger partial charge in [0.25, 0.3) is 0 Å². The topological polar surface area (TPSA) is 48.0 Å². The van der Waals surface area contributed by atoms with E-state index < -0.39 is 0 Å². The molecule has 1 saturated carbocycles. The summed E-state index contributed by atoms with van der Waals surface area (Å²) in [6, 6.07) is 8.48. The Kier molecular flexibility index (Phi) is 5.31. The Morgan fingerprint density at radius 2 is 2.04 bits per heavy atom. The zero-order valence-corrected chi connectivity index (χ0v) is 15.3. The number of aromatic nitrogens is 1. The van der Waals surface area contributed by atoms with Crippen molar-refractivity contribution in [2.24, 2.45) is 17.3 Å². The highest BCUT2D eigenvalue weighted by Crippen LogP contribution is 2.39. The van der Waals surface area contributed by atoms with Gasteiger partial charge in [-0.1, -0.05) is 45.4 Å². The van der Waals surface area contributed by atoms with Gasteiger partial charge in [0.2, 0.25) is 0 Å². The fourth-order valence-electron chi connectivity index (χ4n) is 4.37. The normalized spacial score (nSPS) is 25.2. The molecule has 1 fully saturated rings. The molecule has 0 aliphatic heterocycles. The molecule has 0 bridgehead atoms. The first kappa shape index (κ1) is 17.5. The minimum absolute atomic E-state index is 0.139. The molecular weight excluding hydrogens is 296 g/mol. The summed E-state index contributed by atoms with van der Waals surface area (Å²) in [6.45, 7) is 8.80. The Morgan fingerprint density at radius 1 is 1.25 bits per heavy atom. The van der Waals surface area contributed by atoms with Crippen LogP contribution >= 0.6 is 0 Å². The second-order valence-electron chi connectivity index (χ2n) is 8.37. The molecule has 3 nitrogen and oxygen atoms in total. The zero-order chi connectivity index (χ0) is 17.2. The molecule has 132 valence electrons. The molecule has 0 saturated heterocycles. The molecule has 24 heavy (non-hydrogen) atoms. The van der Waals surface area contributed by atoms with Crippen molar-refractivity contribution in [2.45, 2.75) is 52.6 Å². The summed E-state index contributed by atoms with van der Waals surface area (Å²) in [5, 5.41) is 15.4. The third-order valence-corrected chi connectivity index (χ3v) is 5.91. The van der Waals surface area contributed by atoms with Crippen LogP contribution in [-0.4, -0.2) is 29.3 Å². The Morgan fingerprint density at radius 3 is 2.83 bits per heavy atom. The number of aliphatic hydroxyl groups is 1. The minimum atomic E-state index is -0.140. The highest BCUT2D eigenvalue weighted by atomic mass is 16.3. The van der Waals surface area contributed by atoms with Crippen molar-refractivity contribution in [2.75, 3.05) is 13.1 Å². The average molecular weight is 329 g/mol. The fourth-order valence-corrected chi connectivity index (χ4v) is 4.37. The SMILES string of the molecule is C[C@H]1CCC(C(C)(C)CNCCc2c[nH]c3ccccc23)[C@H](O)C1. The van der Waals surface area contributed by atoms with E-state index in [1.807, 2.05) is 0 Å². The van der Waals surface area contributed by atoms with E-state index in [9.17, 15) is 5.11 Å². The maximum atomic E-state index is 10.5. The van der Waals surface area contributed by atoms with E-state index in [2.05, 4.69) is 61.5 Å². The van der Waals surface area contributed by atoms with Crippen LogP contribution in [0.25, 0.3) is 10.9 Å². The Hall–Kier alpha value is -1.32. The molecule has 3 N–H and O–H groups in total. The third-order valence-electron chi connectivity index (χ3n) is 5.91. The number of benzene rings is 1. The quantitative estimate of drug-likeness (QED) is 0.699. The monoisotopic (exact) mass is 328 g/mol. The van der Waals surface area contributed by atoms with E-state index in [4.69, 9.17) is 0 Å². The van der Waals surface area contributed by atoms with Gasteiger partial charge in [-0.05, 0) is 54.7 Å². The molecule has 0 amide bonds. The van der Waals surface area contributed by atoms with E-state index >= 15 is 0 Å². The lowest BCUT2D eigenvalue weighted by Gasteiger charge is -2.42. The van der Waals surface area contributed by atoms with Gasteiger partial charge in [-0.15, -0.1) is 0 Å². The third kappa shape index (κ3) is 3.84. The van der Waals surface area contributed by atoms with Crippen molar-refractivity contribution >= 4 is 10.9 Å². The van der Waals surface area contributed by atoms with Crippen molar-refractivity contribution in [1.82, 2.24) is 10.3 Å². The van der Waals surface area contributed by atoms with Crippen LogP contribution in [-0.2, 0) is 6.42 Å². The summed E-state index contributed by atoms with van der Waals surface area (Å²) < 4.78 is 0. The number of nitrogens with one attached hydrogen (secondary N) is 2. The van der Waals surface area contributed by atoms with Crippen LogP contribution in [0.1, 0.15) is 45.6 Å². The summed E-state index contributed by atoms with van der Waals surface area (Å²) in [6.07, 6.45) is 6.39. The lowest BCUT2D eigenvalue weighted by atomic mass is 9.67. The molecule has 1 aromatic carbocycles. The Balaban J connectivity index is 1.50. The molecule has 1 aliphatic rings. The van der Waals surface area contributed by atoms with Crippen LogP contribution < -0.4 is 5.32 Å². The number of aliphatic hydroxyl groups excluding tert-OH is 1. The van der Waals surface area contributed by atoms with Gasteiger partial charge in [-0.2, -0.15) is 0 Å². The number of hydrogen-bond acceptors (Lipinski definition) is 2. The van der Waals surface area contributed by atoms with Gasteiger partial charge in [-0.25, -0.2) is 0 Å².